The van der Waals surface area contributed by atoms with E-state index in [2.05, 4.69) is 20.3 Å². The maximum atomic E-state index is 11.7. The number of esters is 1. The smallest absolute Gasteiger partial charge is 0.332 e. The predicted octanol–water partition coefficient (Wildman–Crippen LogP) is 4.95. The maximum Gasteiger partial charge on any atom is 0.332 e. The summed E-state index contributed by atoms with van der Waals surface area (Å²) in [5, 5.41) is 13.1. The van der Waals surface area contributed by atoms with E-state index in [1.807, 2.05) is 93.3 Å². The third-order valence-electron chi connectivity index (χ3n) is 6.06. The van der Waals surface area contributed by atoms with E-state index in [4.69, 9.17) is 24.7 Å². The van der Waals surface area contributed by atoms with Gasteiger partial charge in [-0.05, 0) is 63.6 Å². The number of nitrogens with zero attached hydrogens (tertiary/aromatic N) is 5. The first-order valence-electron chi connectivity index (χ1n) is 13.5. The SMILES string of the molecule is COCOc1ccccc1-c1cc(-c2cnn(C(C)c3ccc(/C=C/COCC(=O)OC(C)(C)C)nc3)c2)c(N)nn1. The average molecular weight is 573 g/mol. The van der Waals surface area contributed by atoms with Gasteiger partial charge in [0.2, 0.25) is 0 Å². The van der Waals surface area contributed by atoms with Crippen LogP contribution in [0.1, 0.15) is 45.0 Å². The molecule has 0 aliphatic carbocycles. The fourth-order valence-corrected chi connectivity index (χ4v) is 4.04. The van der Waals surface area contributed by atoms with Crippen molar-refractivity contribution in [2.45, 2.75) is 39.3 Å². The van der Waals surface area contributed by atoms with Crippen molar-refractivity contribution in [1.82, 2.24) is 25.0 Å². The summed E-state index contributed by atoms with van der Waals surface area (Å²) in [7, 11) is 1.57. The summed E-state index contributed by atoms with van der Waals surface area (Å²) in [5.41, 5.74) is 10.4. The van der Waals surface area contributed by atoms with Crippen molar-refractivity contribution in [3.05, 3.63) is 78.4 Å². The lowest BCUT2D eigenvalue weighted by Crippen LogP contribution is -2.26. The number of aromatic nitrogens is 5. The van der Waals surface area contributed by atoms with Crippen molar-refractivity contribution in [2.75, 3.05) is 32.9 Å². The number of hydrogen-bond donors (Lipinski definition) is 1. The number of anilines is 1. The number of nitrogen functional groups attached to an aromatic ring is 1. The van der Waals surface area contributed by atoms with E-state index in [1.54, 1.807) is 19.4 Å². The van der Waals surface area contributed by atoms with E-state index in [0.29, 0.717) is 22.8 Å². The van der Waals surface area contributed by atoms with Crippen molar-refractivity contribution in [1.29, 1.82) is 0 Å². The van der Waals surface area contributed by atoms with Gasteiger partial charge in [-0.15, -0.1) is 10.2 Å². The van der Waals surface area contributed by atoms with Crippen molar-refractivity contribution in [3.8, 4) is 28.1 Å². The molecule has 4 rings (SSSR count). The number of nitrogens with two attached hydrogens (primary N) is 1. The Labute approximate surface area is 245 Å². The van der Waals surface area contributed by atoms with Crippen LogP contribution >= 0.6 is 0 Å². The molecule has 3 heterocycles. The van der Waals surface area contributed by atoms with Crippen molar-refractivity contribution >= 4 is 17.9 Å². The molecule has 3 aromatic heterocycles. The first-order valence-corrected chi connectivity index (χ1v) is 13.5. The number of carbonyl (C=O) groups is 1. The van der Waals surface area contributed by atoms with Gasteiger partial charge in [0.1, 0.15) is 18.0 Å². The van der Waals surface area contributed by atoms with Crippen LogP contribution in [0.5, 0.6) is 5.75 Å². The van der Waals surface area contributed by atoms with Crippen LogP contribution in [0.25, 0.3) is 28.5 Å². The molecule has 4 aromatic rings. The normalized spacial score (nSPS) is 12.4. The molecule has 1 aromatic carbocycles. The van der Waals surface area contributed by atoms with E-state index in [1.165, 1.54) is 0 Å². The van der Waals surface area contributed by atoms with Gasteiger partial charge in [0.15, 0.2) is 12.6 Å². The molecule has 0 radical (unpaired) electrons. The van der Waals surface area contributed by atoms with Crippen LogP contribution in [0.15, 0.2) is 67.1 Å². The van der Waals surface area contributed by atoms with Gasteiger partial charge in [0.05, 0.1) is 30.2 Å². The lowest BCUT2D eigenvalue weighted by Gasteiger charge is -2.19. The number of methoxy groups -OCH3 is 1. The molecule has 11 heteroatoms. The van der Waals surface area contributed by atoms with Gasteiger partial charge in [0.25, 0.3) is 0 Å². The van der Waals surface area contributed by atoms with Crippen molar-refractivity contribution in [2.24, 2.45) is 0 Å². The zero-order valence-electron chi connectivity index (χ0n) is 24.5. The molecule has 1 unspecified atom stereocenters. The van der Waals surface area contributed by atoms with Gasteiger partial charge in [0, 0.05) is 36.2 Å². The van der Waals surface area contributed by atoms with Gasteiger partial charge < -0.3 is 24.7 Å². The fourth-order valence-electron chi connectivity index (χ4n) is 4.04. The van der Waals surface area contributed by atoms with Crippen LogP contribution in [0.3, 0.4) is 0 Å². The molecule has 0 bridgehead atoms. The van der Waals surface area contributed by atoms with Crippen LogP contribution in [0.4, 0.5) is 5.82 Å². The summed E-state index contributed by atoms with van der Waals surface area (Å²) in [5.74, 6) is 0.539. The second kappa shape index (κ2) is 13.8. The second-order valence-corrected chi connectivity index (χ2v) is 10.5. The Hall–Kier alpha value is -4.61. The van der Waals surface area contributed by atoms with Gasteiger partial charge >= 0.3 is 5.97 Å². The molecule has 220 valence electrons. The molecule has 11 nitrogen and oxygen atoms in total. The Balaban J connectivity index is 1.41. The average Bonchev–Trinajstić information content (AvgIpc) is 3.45. The van der Waals surface area contributed by atoms with Gasteiger partial charge in [-0.3, -0.25) is 9.67 Å². The Morgan fingerprint density at radius 2 is 1.90 bits per heavy atom. The highest BCUT2D eigenvalue weighted by molar-refractivity contribution is 5.78. The number of rotatable bonds is 12. The van der Waals surface area contributed by atoms with Crippen LogP contribution in [0, 0.1) is 0 Å². The van der Waals surface area contributed by atoms with E-state index in [0.717, 1.165) is 22.4 Å². The van der Waals surface area contributed by atoms with Crippen LogP contribution in [-0.2, 0) is 19.0 Å². The molecule has 2 N–H and O–H groups in total. The number of para-hydroxylation sites is 1. The standard InChI is InChI=1S/C31H36N6O5/c1-21(22-12-13-24(33-16-22)9-8-14-40-19-29(38)42-31(2,3)4)37-18-23(17-34-37)26-15-27(35-36-30(26)32)25-10-6-7-11-28(25)41-20-39-5/h6-13,15-18,21H,14,19-20H2,1-5H3,(H2,32,36)/b9-8+. The van der Waals surface area contributed by atoms with Gasteiger partial charge in [-0.25, -0.2) is 4.79 Å². The zero-order valence-corrected chi connectivity index (χ0v) is 24.5. The maximum absolute atomic E-state index is 11.7. The number of hydrogen-bond acceptors (Lipinski definition) is 10. The lowest BCUT2D eigenvalue weighted by molar-refractivity contribution is -0.159. The molecule has 42 heavy (non-hydrogen) atoms. The minimum absolute atomic E-state index is 0.0832. The van der Waals surface area contributed by atoms with Crippen LogP contribution in [0.2, 0.25) is 0 Å². The summed E-state index contributed by atoms with van der Waals surface area (Å²) in [6.45, 7) is 7.78. The Bertz CT molecular complexity index is 1510. The summed E-state index contributed by atoms with van der Waals surface area (Å²) < 4.78 is 23.2. The first kappa shape index (κ1) is 30.4. The zero-order chi connectivity index (χ0) is 30.1. The van der Waals surface area contributed by atoms with Gasteiger partial charge in [-0.2, -0.15) is 5.10 Å². The summed E-state index contributed by atoms with van der Waals surface area (Å²) >= 11 is 0. The third-order valence-corrected chi connectivity index (χ3v) is 6.06. The minimum atomic E-state index is -0.531. The first-order chi connectivity index (χ1) is 20.1. The summed E-state index contributed by atoms with van der Waals surface area (Å²) in [6.07, 6.45) is 9.13. The van der Waals surface area contributed by atoms with Crippen molar-refractivity contribution < 1.29 is 23.7 Å². The fraction of sp³-hybridized carbons (Fsp3) is 0.323. The number of pyridine rings is 1. The Kier molecular flexibility index (Phi) is 10.00. The Morgan fingerprint density at radius 1 is 1.10 bits per heavy atom. The predicted molar refractivity (Wildman–Crippen MR) is 159 cm³/mol. The molecule has 0 fully saturated rings. The second-order valence-electron chi connectivity index (χ2n) is 10.5. The quantitative estimate of drug-likeness (QED) is 0.141. The number of ether oxygens (including phenoxy) is 4. The molecule has 0 aliphatic rings. The molecular formula is C31H36N6O5. The van der Waals surface area contributed by atoms with Crippen LogP contribution < -0.4 is 10.5 Å². The molecule has 0 aliphatic heterocycles. The largest absolute Gasteiger partial charge is 0.467 e. The molecule has 1 atom stereocenters. The molecule has 0 amide bonds. The summed E-state index contributed by atoms with van der Waals surface area (Å²) in [4.78, 5) is 16.2. The molecule has 0 saturated carbocycles. The number of benzene rings is 1. The molecular weight excluding hydrogens is 536 g/mol. The summed E-state index contributed by atoms with van der Waals surface area (Å²) in [6, 6.07) is 13.3. The van der Waals surface area contributed by atoms with Crippen LogP contribution in [-0.4, -0.2) is 63.6 Å². The minimum Gasteiger partial charge on any atom is -0.467 e. The Morgan fingerprint density at radius 3 is 2.64 bits per heavy atom. The molecule has 0 saturated heterocycles. The monoisotopic (exact) mass is 572 g/mol. The highest BCUT2D eigenvalue weighted by Crippen LogP contribution is 2.33. The van der Waals surface area contributed by atoms with E-state index in [-0.39, 0.29) is 26.0 Å². The molecule has 0 spiro atoms. The lowest BCUT2D eigenvalue weighted by atomic mass is 10.1. The van der Waals surface area contributed by atoms with E-state index < -0.39 is 11.6 Å². The third kappa shape index (κ3) is 8.21. The van der Waals surface area contributed by atoms with Crippen molar-refractivity contribution in [3.63, 3.8) is 0 Å². The van der Waals surface area contributed by atoms with Gasteiger partial charge in [-0.1, -0.05) is 24.3 Å². The highest BCUT2D eigenvalue weighted by atomic mass is 16.7. The topological polar surface area (TPSA) is 136 Å². The number of carbonyl (C=O) groups excluding carboxylic acids is 1. The van der Waals surface area contributed by atoms with E-state index >= 15 is 0 Å². The highest BCUT2D eigenvalue weighted by Gasteiger charge is 2.17. The van der Waals surface area contributed by atoms with E-state index in [9.17, 15) is 4.79 Å².